The van der Waals surface area contributed by atoms with Crippen LogP contribution in [0.3, 0.4) is 0 Å². The summed E-state index contributed by atoms with van der Waals surface area (Å²) in [5.74, 6) is 1.52. The fourth-order valence-corrected chi connectivity index (χ4v) is 2.00. The average molecular weight is 270 g/mol. The lowest BCUT2D eigenvalue weighted by atomic mass is 10.1. The minimum absolute atomic E-state index is 0.321. The first kappa shape index (κ1) is 14.3. The predicted octanol–water partition coefficient (Wildman–Crippen LogP) is 3.53. The first-order valence-electron chi connectivity index (χ1n) is 6.94. The Bertz CT molecular complexity index is 578. The summed E-state index contributed by atoms with van der Waals surface area (Å²) in [6, 6.07) is 10.7. The van der Waals surface area contributed by atoms with Crippen molar-refractivity contribution in [2.75, 3.05) is 10.6 Å². The highest BCUT2D eigenvalue weighted by Gasteiger charge is 2.03. The molecule has 1 heterocycles. The number of nitrogens with one attached hydrogen (secondary N) is 2. The summed E-state index contributed by atoms with van der Waals surface area (Å²) < 4.78 is 0. The van der Waals surface area contributed by atoms with Gasteiger partial charge < -0.3 is 10.6 Å². The quantitative estimate of drug-likeness (QED) is 0.872. The lowest BCUT2D eigenvalue weighted by Crippen LogP contribution is -2.14. The number of hydrogen-bond donors (Lipinski definition) is 2. The molecule has 2 aromatic rings. The molecule has 4 heteroatoms. The van der Waals surface area contributed by atoms with E-state index in [0.29, 0.717) is 12.0 Å². The van der Waals surface area contributed by atoms with Gasteiger partial charge in [0.25, 0.3) is 0 Å². The Balaban J connectivity index is 2.07. The van der Waals surface area contributed by atoms with E-state index in [2.05, 4.69) is 65.6 Å². The molecule has 0 aliphatic carbocycles. The maximum atomic E-state index is 4.48. The van der Waals surface area contributed by atoms with Crippen LogP contribution < -0.4 is 10.6 Å². The van der Waals surface area contributed by atoms with Crippen LogP contribution in [0, 0.1) is 13.8 Å². The predicted molar refractivity (Wildman–Crippen MR) is 84.0 cm³/mol. The molecule has 0 unspecified atom stereocenters. The third-order valence-electron chi connectivity index (χ3n) is 2.83. The smallest absolute Gasteiger partial charge is 0.225 e. The van der Waals surface area contributed by atoms with Crippen LogP contribution >= 0.6 is 0 Å². The number of hydrogen-bond acceptors (Lipinski definition) is 4. The molecule has 2 rings (SSSR count). The molecule has 0 bridgehead atoms. The van der Waals surface area contributed by atoms with Crippen molar-refractivity contribution in [1.82, 2.24) is 9.97 Å². The third kappa shape index (κ3) is 4.23. The fraction of sp³-hybridized carbons (Fsp3) is 0.375. The number of nitrogens with zero attached hydrogens (tertiary/aromatic N) is 2. The van der Waals surface area contributed by atoms with Crippen LogP contribution in [0.25, 0.3) is 0 Å². The van der Waals surface area contributed by atoms with Gasteiger partial charge in [-0.15, -0.1) is 0 Å². The molecule has 0 aliphatic rings. The average Bonchev–Trinajstić information content (AvgIpc) is 2.35. The summed E-state index contributed by atoms with van der Waals surface area (Å²) in [6.07, 6.45) is 0. The van der Waals surface area contributed by atoms with E-state index in [1.165, 1.54) is 11.1 Å². The van der Waals surface area contributed by atoms with Crippen molar-refractivity contribution in [2.45, 2.75) is 40.3 Å². The van der Waals surface area contributed by atoms with Crippen LogP contribution in [-0.4, -0.2) is 16.0 Å². The highest BCUT2D eigenvalue weighted by Crippen LogP contribution is 2.12. The zero-order chi connectivity index (χ0) is 14.5. The van der Waals surface area contributed by atoms with E-state index in [0.717, 1.165) is 18.1 Å². The molecular formula is C16H22N4. The summed E-state index contributed by atoms with van der Waals surface area (Å²) in [5.41, 5.74) is 3.47. The van der Waals surface area contributed by atoms with Crippen molar-refractivity contribution >= 4 is 11.8 Å². The molecule has 1 aromatic heterocycles. The lowest BCUT2D eigenvalue weighted by molar-refractivity contribution is 0.870. The van der Waals surface area contributed by atoms with Crippen LogP contribution in [0.5, 0.6) is 0 Å². The maximum Gasteiger partial charge on any atom is 0.225 e. The second kappa shape index (κ2) is 6.37. The Morgan fingerprint density at radius 1 is 1.10 bits per heavy atom. The highest BCUT2D eigenvalue weighted by molar-refractivity contribution is 5.43. The Morgan fingerprint density at radius 3 is 2.60 bits per heavy atom. The minimum Gasteiger partial charge on any atom is -0.366 e. The van der Waals surface area contributed by atoms with Gasteiger partial charge >= 0.3 is 0 Å². The Hall–Kier alpha value is -2.10. The molecule has 0 fully saturated rings. The van der Waals surface area contributed by atoms with Crippen LogP contribution in [0.2, 0.25) is 0 Å². The van der Waals surface area contributed by atoms with Crippen LogP contribution in [0.1, 0.15) is 30.7 Å². The standard InChI is InChI=1S/C16H22N4/c1-11(2)18-16-19-13(4)9-15(20-16)17-10-14-7-5-6-12(3)8-14/h5-9,11H,10H2,1-4H3,(H2,17,18,19,20). The highest BCUT2D eigenvalue weighted by atomic mass is 15.1. The number of anilines is 2. The fourth-order valence-electron chi connectivity index (χ4n) is 2.00. The van der Waals surface area contributed by atoms with Gasteiger partial charge in [-0.25, -0.2) is 4.98 Å². The van der Waals surface area contributed by atoms with Crippen molar-refractivity contribution in [1.29, 1.82) is 0 Å². The second-order valence-corrected chi connectivity index (χ2v) is 5.36. The summed E-state index contributed by atoms with van der Waals surface area (Å²) >= 11 is 0. The van der Waals surface area contributed by atoms with Crippen molar-refractivity contribution in [2.24, 2.45) is 0 Å². The number of rotatable bonds is 5. The lowest BCUT2D eigenvalue weighted by Gasteiger charge is -2.12. The summed E-state index contributed by atoms with van der Waals surface area (Å²) in [6.45, 7) is 8.99. The number of aryl methyl sites for hydroxylation is 2. The largest absolute Gasteiger partial charge is 0.366 e. The molecule has 0 spiro atoms. The van der Waals surface area contributed by atoms with Gasteiger partial charge in [0.1, 0.15) is 5.82 Å². The molecule has 1 aromatic carbocycles. The molecule has 0 saturated carbocycles. The Labute approximate surface area is 120 Å². The van der Waals surface area contributed by atoms with Crippen molar-refractivity contribution in [3.63, 3.8) is 0 Å². The molecule has 2 N–H and O–H groups in total. The summed E-state index contributed by atoms with van der Waals surface area (Å²) in [7, 11) is 0. The van der Waals surface area contributed by atoms with Gasteiger partial charge in [-0.2, -0.15) is 4.98 Å². The Morgan fingerprint density at radius 2 is 1.90 bits per heavy atom. The topological polar surface area (TPSA) is 49.8 Å². The zero-order valence-corrected chi connectivity index (χ0v) is 12.6. The van der Waals surface area contributed by atoms with Gasteiger partial charge in [-0.05, 0) is 33.3 Å². The SMILES string of the molecule is Cc1cccc(CNc2cc(C)nc(NC(C)C)n2)c1. The molecule has 0 aliphatic heterocycles. The molecule has 4 nitrogen and oxygen atoms in total. The van der Waals surface area contributed by atoms with E-state index in [4.69, 9.17) is 0 Å². The van der Waals surface area contributed by atoms with Gasteiger partial charge in [-0.3, -0.25) is 0 Å². The normalized spacial score (nSPS) is 10.7. The third-order valence-corrected chi connectivity index (χ3v) is 2.83. The molecule has 0 saturated heterocycles. The van der Waals surface area contributed by atoms with Crippen LogP contribution in [0.4, 0.5) is 11.8 Å². The zero-order valence-electron chi connectivity index (χ0n) is 12.6. The first-order valence-corrected chi connectivity index (χ1v) is 6.94. The molecule has 20 heavy (non-hydrogen) atoms. The van der Waals surface area contributed by atoms with Gasteiger partial charge in [0.2, 0.25) is 5.95 Å². The number of benzene rings is 1. The summed E-state index contributed by atoms with van der Waals surface area (Å²) in [5, 5.41) is 6.58. The van der Waals surface area contributed by atoms with Crippen LogP contribution in [-0.2, 0) is 6.54 Å². The number of aromatic nitrogens is 2. The van der Waals surface area contributed by atoms with E-state index in [1.807, 2.05) is 13.0 Å². The van der Waals surface area contributed by atoms with E-state index in [9.17, 15) is 0 Å². The van der Waals surface area contributed by atoms with Crippen molar-refractivity contribution in [3.05, 3.63) is 47.2 Å². The van der Waals surface area contributed by atoms with Gasteiger partial charge in [-0.1, -0.05) is 29.8 Å². The maximum absolute atomic E-state index is 4.48. The minimum atomic E-state index is 0.321. The van der Waals surface area contributed by atoms with Gasteiger partial charge in [0.05, 0.1) is 0 Å². The first-order chi connectivity index (χ1) is 9.52. The molecule has 0 radical (unpaired) electrons. The van der Waals surface area contributed by atoms with E-state index < -0.39 is 0 Å². The molecule has 0 amide bonds. The molecular weight excluding hydrogens is 248 g/mol. The molecule has 106 valence electrons. The second-order valence-electron chi connectivity index (χ2n) is 5.36. The van der Waals surface area contributed by atoms with E-state index in [-0.39, 0.29) is 0 Å². The summed E-state index contributed by atoms with van der Waals surface area (Å²) in [4.78, 5) is 8.86. The van der Waals surface area contributed by atoms with Crippen molar-refractivity contribution in [3.8, 4) is 0 Å². The van der Waals surface area contributed by atoms with Crippen molar-refractivity contribution < 1.29 is 0 Å². The van der Waals surface area contributed by atoms with Gasteiger partial charge in [0.15, 0.2) is 0 Å². The van der Waals surface area contributed by atoms with E-state index in [1.54, 1.807) is 0 Å². The van der Waals surface area contributed by atoms with Crippen LogP contribution in [0.15, 0.2) is 30.3 Å². The van der Waals surface area contributed by atoms with E-state index >= 15 is 0 Å². The molecule has 0 atom stereocenters. The Kier molecular flexibility index (Phi) is 4.56. The monoisotopic (exact) mass is 270 g/mol. The van der Waals surface area contributed by atoms with Gasteiger partial charge in [0, 0.05) is 24.3 Å².